The highest BCUT2D eigenvalue weighted by Crippen LogP contribution is 2.37. The molecule has 0 aliphatic heterocycles. The SMILES string of the molecule is COCC(C)(F)c1nc2nc(-c3n[nH]c(=O)o3)nc(-c3cncc(Cl)c3)c2n1C[C@H]1CC[C@H](C)CC1. The van der Waals surface area contributed by atoms with Gasteiger partial charge in [0.05, 0.1) is 11.6 Å². The van der Waals surface area contributed by atoms with Gasteiger partial charge >= 0.3 is 5.76 Å². The van der Waals surface area contributed by atoms with Crippen molar-refractivity contribution in [2.75, 3.05) is 13.7 Å². The number of alkyl halides is 1. The van der Waals surface area contributed by atoms with E-state index in [2.05, 4.69) is 37.1 Å². The third-order valence-electron chi connectivity index (χ3n) is 6.67. The number of nitrogens with zero attached hydrogens (tertiary/aromatic N) is 6. The van der Waals surface area contributed by atoms with E-state index in [1.807, 2.05) is 4.57 Å². The van der Waals surface area contributed by atoms with E-state index in [4.69, 9.17) is 20.8 Å². The van der Waals surface area contributed by atoms with Crippen LogP contribution >= 0.6 is 11.6 Å². The molecule has 0 spiro atoms. The molecule has 1 aliphatic carbocycles. The minimum Gasteiger partial charge on any atom is -0.384 e. The van der Waals surface area contributed by atoms with Crippen LogP contribution < -0.4 is 5.76 Å². The minimum absolute atomic E-state index is 0.0332. The molecule has 4 aromatic heterocycles. The van der Waals surface area contributed by atoms with Gasteiger partial charge in [-0.05, 0) is 37.7 Å². The molecule has 4 aromatic rings. The predicted molar refractivity (Wildman–Crippen MR) is 131 cm³/mol. The second-order valence-corrected chi connectivity index (χ2v) is 10.1. The van der Waals surface area contributed by atoms with Crippen LogP contribution in [0.25, 0.3) is 34.1 Å². The minimum atomic E-state index is -1.89. The number of imidazole rings is 1. The molecule has 1 aliphatic rings. The van der Waals surface area contributed by atoms with Gasteiger partial charge in [0.2, 0.25) is 5.82 Å². The van der Waals surface area contributed by atoms with Gasteiger partial charge in [-0.25, -0.2) is 29.2 Å². The summed E-state index contributed by atoms with van der Waals surface area (Å²) in [7, 11) is 1.45. The molecule has 0 saturated heterocycles. The van der Waals surface area contributed by atoms with Gasteiger partial charge in [-0.3, -0.25) is 4.98 Å². The summed E-state index contributed by atoms with van der Waals surface area (Å²) in [5.74, 6) is 0.423. The zero-order chi connectivity index (χ0) is 25.4. The van der Waals surface area contributed by atoms with Gasteiger partial charge in [0.15, 0.2) is 17.1 Å². The molecule has 5 rings (SSSR count). The Hall–Kier alpha value is -3.18. The van der Waals surface area contributed by atoms with Crippen molar-refractivity contribution < 1.29 is 13.5 Å². The van der Waals surface area contributed by atoms with E-state index in [-0.39, 0.29) is 29.8 Å². The van der Waals surface area contributed by atoms with Gasteiger partial charge in [0.25, 0.3) is 5.89 Å². The molecule has 12 heteroatoms. The molecule has 1 N–H and O–H groups in total. The first kappa shape index (κ1) is 24.5. The number of halogens is 2. The Bertz CT molecular complexity index is 1440. The van der Waals surface area contributed by atoms with Crippen LogP contribution in [0.5, 0.6) is 0 Å². The van der Waals surface area contributed by atoms with Crippen LogP contribution in [-0.4, -0.2) is 48.4 Å². The van der Waals surface area contributed by atoms with Crippen molar-refractivity contribution in [1.29, 1.82) is 0 Å². The summed E-state index contributed by atoms with van der Waals surface area (Å²) in [6, 6.07) is 1.71. The average Bonchev–Trinajstić information content (AvgIpc) is 3.44. The van der Waals surface area contributed by atoms with E-state index < -0.39 is 11.4 Å². The summed E-state index contributed by atoms with van der Waals surface area (Å²) >= 11 is 6.25. The number of aromatic nitrogens is 7. The Morgan fingerprint density at radius 3 is 2.69 bits per heavy atom. The van der Waals surface area contributed by atoms with Crippen LogP contribution in [0.15, 0.2) is 27.7 Å². The van der Waals surface area contributed by atoms with Crippen molar-refractivity contribution in [3.63, 3.8) is 0 Å². The van der Waals surface area contributed by atoms with Crippen molar-refractivity contribution in [2.24, 2.45) is 11.8 Å². The summed E-state index contributed by atoms with van der Waals surface area (Å²) in [5.41, 5.74) is -0.0625. The normalized spacial score (nSPS) is 20.0. The van der Waals surface area contributed by atoms with Crippen molar-refractivity contribution in [2.45, 2.75) is 51.7 Å². The molecule has 190 valence electrons. The highest BCUT2D eigenvalue weighted by Gasteiger charge is 2.35. The number of H-pyrrole nitrogens is 1. The quantitative estimate of drug-likeness (QED) is 0.380. The third kappa shape index (κ3) is 4.77. The lowest BCUT2D eigenvalue weighted by Crippen LogP contribution is -2.28. The fourth-order valence-electron chi connectivity index (χ4n) is 4.88. The molecule has 0 amide bonds. The molecule has 1 unspecified atom stereocenters. The maximum atomic E-state index is 16.0. The lowest BCUT2D eigenvalue weighted by Gasteiger charge is -2.28. The van der Waals surface area contributed by atoms with Crippen LogP contribution in [0, 0.1) is 11.8 Å². The van der Waals surface area contributed by atoms with Crippen LogP contribution in [0.2, 0.25) is 5.02 Å². The van der Waals surface area contributed by atoms with Crippen molar-refractivity contribution in [3.05, 3.63) is 39.9 Å². The second kappa shape index (κ2) is 9.70. The molecule has 10 nitrogen and oxygen atoms in total. The molecule has 1 saturated carbocycles. The first-order chi connectivity index (χ1) is 17.2. The summed E-state index contributed by atoms with van der Waals surface area (Å²) in [6.07, 6.45) is 7.46. The number of rotatable bonds is 7. The maximum Gasteiger partial charge on any atom is 0.434 e. The molecular weight excluding hydrogens is 489 g/mol. The van der Waals surface area contributed by atoms with Crippen molar-refractivity contribution in [1.82, 2.24) is 34.7 Å². The van der Waals surface area contributed by atoms with Crippen LogP contribution in [0.1, 0.15) is 45.4 Å². The summed E-state index contributed by atoms with van der Waals surface area (Å²) in [5, 5.41) is 6.48. The molecular formula is C24H27ClFN7O3. The number of pyridine rings is 1. The Kier molecular flexibility index (Phi) is 6.60. The van der Waals surface area contributed by atoms with E-state index in [0.717, 1.165) is 25.7 Å². The second-order valence-electron chi connectivity index (χ2n) is 9.68. The van der Waals surface area contributed by atoms with E-state index >= 15 is 4.39 Å². The van der Waals surface area contributed by atoms with Crippen molar-refractivity contribution >= 4 is 22.8 Å². The number of methoxy groups -OCH3 is 1. The van der Waals surface area contributed by atoms with Gasteiger partial charge in [-0.2, -0.15) is 0 Å². The zero-order valence-corrected chi connectivity index (χ0v) is 21.0. The van der Waals surface area contributed by atoms with Gasteiger partial charge in [0, 0.05) is 31.6 Å². The fourth-order valence-corrected chi connectivity index (χ4v) is 5.05. The number of hydrogen-bond acceptors (Lipinski definition) is 8. The van der Waals surface area contributed by atoms with Gasteiger partial charge in [-0.1, -0.05) is 31.4 Å². The van der Waals surface area contributed by atoms with E-state index in [1.54, 1.807) is 12.3 Å². The monoisotopic (exact) mass is 515 g/mol. The summed E-state index contributed by atoms with van der Waals surface area (Å²) in [6.45, 7) is 4.08. The molecule has 4 heterocycles. The number of fused-ring (bicyclic) bond motifs is 1. The Morgan fingerprint density at radius 1 is 1.25 bits per heavy atom. The van der Waals surface area contributed by atoms with Crippen LogP contribution in [-0.2, 0) is 17.0 Å². The molecule has 1 fully saturated rings. The van der Waals surface area contributed by atoms with Crippen LogP contribution in [0.4, 0.5) is 4.39 Å². The largest absolute Gasteiger partial charge is 0.434 e. The first-order valence-corrected chi connectivity index (χ1v) is 12.3. The van der Waals surface area contributed by atoms with E-state index in [9.17, 15) is 4.79 Å². The zero-order valence-electron chi connectivity index (χ0n) is 20.3. The third-order valence-corrected chi connectivity index (χ3v) is 6.88. The first-order valence-electron chi connectivity index (χ1n) is 11.9. The van der Waals surface area contributed by atoms with Crippen molar-refractivity contribution in [3.8, 4) is 23.0 Å². The fraction of sp³-hybridized carbons (Fsp3) is 0.500. The Morgan fingerprint density at radius 2 is 2.03 bits per heavy atom. The smallest absolute Gasteiger partial charge is 0.384 e. The Balaban J connectivity index is 1.76. The molecule has 0 radical (unpaired) electrons. The maximum absolute atomic E-state index is 16.0. The van der Waals surface area contributed by atoms with E-state index in [0.29, 0.717) is 40.2 Å². The van der Waals surface area contributed by atoms with Gasteiger partial charge in [0.1, 0.15) is 11.2 Å². The molecule has 0 bridgehead atoms. The topological polar surface area (TPSA) is 125 Å². The Labute approximate surface area is 211 Å². The number of aromatic amines is 1. The molecule has 1 atom stereocenters. The number of hydrogen-bond donors (Lipinski definition) is 1. The lowest BCUT2D eigenvalue weighted by atomic mass is 9.83. The summed E-state index contributed by atoms with van der Waals surface area (Å²) < 4.78 is 28.1. The summed E-state index contributed by atoms with van der Waals surface area (Å²) in [4.78, 5) is 29.6. The molecule has 36 heavy (non-hydrogen) atoms. The molecule has 0 aromatic carbocycles. The highest BCUT2D eigenvalue weighted by atomic mass is 35.5. The number of nitrogens with one attached hydrogen (secondary N) is 1. The highest BCUT2D eigenvalue weighted by molar-refractivity contribution is 6.30. The number of ether oxygens (including phenoxy) is 1. The van der Waals surface area contributed by atoms with Gasteiger partial charge in [-0.15, -0.1) is 5.10 Å². The lowest BCUT2D eigenvalue weighted by molar-refractivity contribution is 0.0429. The average molecular weight is 516 g/mol. The standard InChI is InChI=1S/C24H27ClFN7O3/c1-13-4-6-14(7-5-13)11-33-18-17(15-8-16(25)10-27-9-15)28-20(21-31-32-23(34)36-21)29-19(18)30-22(33)24(2,26)12-35-3/h8-10,13-14H,4-7,11-12H2,1-3H3,(H,32,34)/t13-,14-,24?. The van der Waals surface area contributed by atoms with E-state index in [1.165, 1.54) is 20.2 Å². The van der Waals surface area contributed by atoms with Gasteiger partial charge < -0.3 is 13.7 Å². The predicted octanol–water partition coefficient (Wildman–Crippen LogP) is 4.54. The van der Waals surface area contributed by atoms with Crippen LogP contribution in [0.3, 0.4) is 0 Å².